The molecule has 1 heterocycles. The molecule has 0 fully saturated rings. The van der Waals surface area contributed by atoms with E-state index in [-0.39, 0.29) is 5.38 Å². The van der Waals surface area contributed by atoms with Gasteiger partial charge in [-0.3, -0.25) is 0 Å². The predicted octanol–water partition coefficient (Wildman–Crippen LogP) is 4.46. The second-order valence-electron chi connectivity index (χ2n) is 1.89. The molecule has 1 atom stereocenters. The molecule has 0 aliphatic rings. The van der Waals surface area contributed by atoms with Crippen molar-refractivity contribution in [2.45, 2.75) is 12.3 Å². The molecule has 10 heavy (non-hydrogen) atoms. The second-order valence-corrected chi connectivity index (χ2v) is 5.08. The summed E-state index contributed by atoms with van der Waals surface area (Å²) < 4.78 is 1.70. The molecule has 0 saturated carbocycles. The zero-order valence-electron chi connectivity index (χ0n) is 5.20. The van der Waals surface area contributed by atoms with Crippen LogP contribution in [0.15, 0.2) is 10.5 Å². The standard InChI is InChI=1S/C6H5BrCl2S/c1-3(8)5-2-4(7)6(9)10-5/h2-3H,1H3. The smallest absolute Gasteiger partial charge is 0.107 e. The summed E-state index contributed by atoms with van der Waals surface area (Å²) in [4.78, 5) is 1.10. The normalized spacial score (nSPS) is 13.6. The maximum absolute atomic E-state index is 5.82. The van der Waals surface area contributed by atoms with Crippen molar-refractivity contribution >= 4 is 50.5 Å². The topological polar surface area (TPSA) is 0 Å². The van der Waals surface area contributed by atoms with E-state index in [1.54, 1.807) is 0 Å². The first-order chi connectivity index (χ1) is 4.61. The molecule has 0 spiro atoms. The Labute approximate surface area is 82.3 Å². The number of alkyl halides is 1. The Morgan fingerprint density at radius 1 is 1.70 bits per heavy atom. The minimum atomic E-state index is 0.0498. The predicted molar refractivity (Wildman–Crippen MR) is 51.3 cm³/mol. The Morgan fingerprint density at radius 3 is 2.50 bits per heavy atom. The lowest BCUT2D eigenvalue weighted by Crippen LogP contribution is -1.72. The molecule has 56 valence electrons. The number of hydrogen-bond acceptors (Lipinski definition) is 1. The van der Waals surface area contributed by atoms with Crippen LogP contribution in [0.25, 0.3) is 0 Å². The van der Waals surface area contributed by atoms with Crippen LogP contribution in [0, 0.1) is 0 Å². The fourth-order valence-electron chi connectivity index (χ4n) is 0.559. The van der Waals surface area contributed by atoms with Crippen LogP contribution >= 0.6 is 50.5 Å². The molecular formula is C6H5BrCl2S. The Morgan fingerprint density at radius 2 is 2.30 bits per heavy atom. The number of hydrogen-bond donors (Lipinski definition) is 0. The molecule has 4 heteroatoms. The molecule has 0 bridgehead atoms. The van der Waals surface area contributed by atoms with Crippen LogP contribution in [-0.2, 0) is 0 Å². The molecule has 1 rings (SSSR count). The van der Waals surface area contributed by atoms with Gasteiger partial charge in [-0.25, -0.2) is 0 Å². The summed E-state index contributed by atoms with van der Waals surface area (Å²) >= 11 is 16.4. The average Bonchev–Trinajstić information content (AvgIpc) is 2.13. The average molecular weight is 260 g/mol. The van der Waals surface area contributed by atoms with Crippen LogP contribution in [0.3, 0.4) is 0 Å². The summed E-state index contributed by atoms with van der Waals surface area (Å²) in [6.07, 6.45) is 0. The van der Waals surface area contributed by atoms with Crippen molar-refractivity contribution in [3.63, 3.8) is 0 Å². The van der Waals surface area contributed by atoms with Gasteiger partial charge < -0.3 is 0 Å². The third-order valence-electron chi connectivity index (χ3n) is 1.06. The first-order valence-corrected chi connectivity index (χ1v) is 5.12. The first-order valence-electron chi connectivity index (χ1n) is 2.70. The minimum absolute atomic E-state index is 0.0498. The van der Waals surface area contributed by atoms with Gasteiger partial charge in [0.15, 0.2) is 0 Å². The molecule has 0 aliphatic heterocycles. The Hall–Kier alpha value is 0.760. The molecule has 0 nitrogen and oxygen atoms in total. The van der Waals surface area contributed by atoms with Gasteiger partial charge in [-0.2, -0.15) is 0 Å². The van der Waals surface area contributed by atoms with Gasteiger partial charge in [-0.05, 0) is 28.9 Å². The number of halogens is 3. The van der Waals surface area contributed by atoms with Gasteiger partial charge in [0.05, 0.1) is 5.38 Å². The van der Waals surface area contributed by atoms with Gasteiger partial charge in [-0.1, -0.05) is 11.6 Å². The van der Waals surface area contributed by atoms with Crippen molar-refractivity contribution in [1.82, 2.24) is 0 Å². The third kappa shape index (κ3) is 1.88. The molecule has 0 saturated heterocycles. The molecule has 1 unspecified atom stereocenters. The van der Waals surface area contributed by atoms with Gasteiger partial charge in [-0.15, -0.1) is 22.9 Å². The molecule has 0 aromatic carbocycles. The molecular weight excluding hydrogens is 255 g/mol. The van der Waals surface area contributed by atoms with Crippen molar-refractivity contribution < 1.29 is 0 Å². The summed E-state index contributed by atoms with van der Waals surface area (Å²) in [6.45, 7) is 1.93. The lowest BCUT2D eigenvalue weighted by Gasteiger charge is -1.93. The van der Waals surface area contributed by atoms with Gasteiger partial charge in [0, 0.05) is 9.35 Å². The Bertz CT molecular complexity index is 212. The van der Waals surface area contributed by atoms with Gasteiger partial charge in [0.1, 0.15) is 4.34 Å². The Kier molecular flexibility index (Phi) is 3.04. The molecule has 1 aromatic heterocycles. The fraction of sp³-hybridized carbons (Fsp3) is 0.333. The van der Waals surface area contributed by atoms with Crippen molar-refractivity contribution in [1.29, 1.82) is 0 Å². The van der Waals surface area contributed by atoms with Crippen LogP contribution in [0.1, 0.15) is 17.2 Å². The van der Waals surface area contributed by atoms with E-state index in [1.807, 2.05) is 13.0 Å². The molecule has 0 aliphatic carbocycles. The summed E-state index contributed by atoms with van der Waals surface area (Å²) in [6, 6.07) is 1.95. The SMILES string of the molecule is CC(Cl)c1cc(Br)c(Cl)s1. The maximum atomic E-state index is 5.82. The van der Waals surface area contributed by atoms with Crippen molar-refractivity contribution in [2.24, 2.45) is 0 Å². The zero-order valence-corrected chi connectivity index (χ0v) is 9.11. The highest BCUT2D eigenvalue weighted by Gasteiger charge is 2.07. The molecule has 0 amide bonds. The summed E-state index contributed by atoms with van der Waals surface area (Å²) in [5.74, 6) is 0. The van der Waals surface area contributed by atoms with E-state index in [1.165, 1.54) is 11.3 Å². The Balaban J connectivity index is 2.98. The summed E-state index contributed by atoms with van der Waals surface area (Å²) in [5.41, 5.74) is 0. The second kappa shape index (κ2) is 3.44. The lowest BCUT2D eigenvalue weighted by molar-refractivity contribution is 1.12. The van der Waals surface area contributed by atoms with Crippen LogP contribution in [0.5, 0.6) is 0 Å². The van der Waals surface area contributed by atoms with Crippen molar-refractivity contribution in [3.05, 3.63) is 19.8 Å². The highest BCUT2D eigenvalue weighted by Crippen LogP contribution is 2.36. The highest BCUT2D eigenvalue weighted by molar-refractivity contribution is 9.10. The summed E-state index contributed by atoms with van der Waals surface area (Å²) in [7, 11) is 0. The van der Waals surface area contributed by atoms with Gasteiger partial charge in [0.2, 0.25) is 0 Å². The first kappa shape index (κ1) is 8.85. The van der Waals surface area contributed by atoms with E-state index >= 15 is 0 Å². The zero-order chi connectivity index (χ0) is 7.72. The minimum Gasteiger partial charge on any atom is -0.126 e. The van der Waals surface area contributed by atoms with Crippen LogP contribution in [-0.4, -0.2) is 0 Å². The fourth-order valence-corrected chi connectivity index (χ4v) is 2.42. The van der Waals surface area contributed by atoms with Crippen LogP contribution in [0.4, 0.5) is 0 Å². The molecule has 1 aromatic rings. The van der Waals surface area contributed by atoms with E-state index < -0.39 is 0 Å². The van der Waals surface area contributed by atoms with E-state index in [0.717, 1.165) is 13.7 Å². The number of rotatable bonds is 1. The maximum Gasteiger partial charge on any atom is 0.107 e. The van der Waals surface area contributed by atoms with Crippen molar-refractivity contribution in [3.8, 4) is 0 Å². The van der Waals surface area contributed by atoms with Crippen LogP contribution < -0.4 is 0 Å². The molecule has 0 radical (unpaired) electrons. The van der Waals surface area contributed by atoms with E-state index in [0.29, 0.717) is 0 Å². The van der Waals surface area contributed by atoms with Crippen LogP contribution in [0.2, 0.25) is 4.34 Å². The quantitative estimate of drug-likeness (QED) is 0.653. The van der Waals surface area contributed by atoms with Gasteiger partial charge in [0.25, 0.3) is 0 Å². The van der Waals surface area contributed by atoms with E-state index in [4.69, 9.17) is 23.2 Å². The van der Waals surface area contributed by atoms with E-state index in [2.05, 4.69) is 15.9 Å². The van der Waals surface area contributed by atoms with E-state index in [9.17, 15) is 0 Å². The monoisotopic (exact) mass is 258 g/mol. The van der Waals surface area contributed by atoms with Gasteiger partial charge >= 0.3 is 0 Å². The largest absolute Gasteiger partial charge is 0.126 e. The lowest BCUT2D eigenvalue weighted by atomic mass is 10.4. The summed E-state index contributed by atoms with van der Waals surface area (Å²) in [5, 5.41) is 0.0498. The number of thiophene rings is 1. The third-order valence-corrected chi connectivity index (χ3v) is 4.08. The highest BCUT2D eigenvalue weighted by atomic mass is 79.9. The van der Waals surface area contributed by atoms with Crippen molar-refractivity contribution in [2.75, 3.05) is 0 Å². The molecule has 0 N–H and O–H groups in total.